The van der Waals surface area contributed by atoms with Gasteiger partial charge in [0.05, 0.1) is 12.5 Å². The molecule has 1 aromatic heterocycles. The van der Waals surface area contributed by atoms with E-state index in [-0.39, 0.29) is 0 Å². The average molecular weight is 124 g/mol. The lowest BCUT2D eigenvalue weighted by molar-refractivity contribution is 0.567. The van der Waals surface area contributed by atoms with Crippen LogP contribution in [0.1, 0.15) is 13.3 Å². The van der Waals surface area contributed by atoms with Crippen molar-refractivity contribution in [3.63, 3.8) is 0 Å². The van der Waals surface area contributed by atoms with Gasteiger partial charge in [-0.05, 0) is 18.6 Å². The minimum atomic E-state index is 1.08. The second kappa shape index (κ2) is 7.02. The molecule has 0 atom stereocenters. The molecule has 0 N–H and O–H groups in total. The second-order valence-electron chi connectivity index (χ2n) is 1.49. The van der Waals surface area contributed by atoms with Crippen LogP contribution in [0.25, 0.3) is 0 Å². The van der Waals surface area contributed by atoms with Crippen molar-refractivity contribution < 1.29 is 4.42 Å². The van der Waals surface area contributed by atoms with Gasteiger partial charge in [-0.25, -0.2) is 0 Å². The van der Waals surface area contributed by atoms with Crippen LogP contribution in [0.2, 0.25) is 0 Å². The third-order valence-corrected chi connectivity index (χ3v) is 0.714. The normalized spacial score (nSPS) is 7.22. The van der Waals surface area contributed by atoms with Crippen molar-refractivity contribution in [1.82, 2.24) is 0 Å². The standard InChI is InChI=1S/C4H4O.C4H8/c1-2-4-5-3-1;1-3-4-2/h1-4H;3H,1,4H2,2H3. The summed E-state index contributed by atoms with van der Waals surface area (Å²) in [5.41, 5.74) is 0. The lowest BCUT2D eigenvalue weighted by Gasteiger charge is -1.57. The molecule has 0 fully saturated rings. The topological polar surface area (TPSA) is 13.1 Å². The van der Waals surface area contributed by atoms with Crippen molar-refractivity contribution in [3.05, 3.63) is 37.3 Å². The lowest BCUT2D eigenvalue weighted by Crippen LogP contribution is -1.36. The Morgan fingerprint density at radius 1 is 1.44 bits per heavy atom. The van der Waals surface area contributed by atoms with Crippen LogP contribution in [0, 0.1) is 0 Å². The molecule has 1 heteroatoms. The molecule has 0 saturated carbocycles. The zero-order valence-electron chi connectivity index (χ0n) is 5.71. The molecule has 0 aliphatic rings. The Morgan fingerprint density at radius 3 is 2.00 bits per heavy atom. The highest BCUT2D eigenvalue weighted by Gasteiger charge is 1.58. The second-order valence-corrected chi connectivity index (χ2v) is 1.49. The maximum Gasteiger partial charge on any atom is 0.0902 e. The summed E-state index contributed by atoms with van der Waals surface area (Å²) in [6.07, 6.45) is 6.21. The van der Waals surface area contributed by atoms with E-state index in [2.05, 4.69) is 17.9 Å². The van der Waals surface area contributed by atoms with E-state index < -0.39 is 0 Å². The molecule has 1 nitrogen and oxygen atoms in total. The molecule has 0 spiro atoms. The quantitative estimate of drug-likeness (QED) is 0.525. The Bertz CT molecular complexity index is 102. The molecular formula is C8H12O. The summed E-state index contributed by atoms with van der Waals surface area (Å²) in [6.45, 7) is 5.54. The molecule has 0 unspecified atom stereocenters. The van der Waals surface area contributed by atoms with Gasteiger partial charge in [-0.15, -0.1) is 6.58 Å². The maximum absolute atomic E-state index is 4.58. The van der Waals surface area contributed by atoms with Gasteiger partial charge in [-0.3, -0.25) is 0 Å². The van der Waals surface area contributed by atoms with Gasteiger partial charge in [0, 0.05) is 0 Å². The molecule has 0 radical (unpaired) electrons. The molecule has 1 aromatic rings. The van der Waals surface area contributed by atoms with Crippen LogP contribution < -0.4 is 0 Å². The summed E-state index contributed by atoms with van der Waals surface area (Å²) < 4.78 is 4.58. The van der Waals surface area contributed by atoms with Crippen LogP contribution in [-0.4, -0.2) is 0 Å². The highest BCUT2D eigenvalue weighted by Crippen LogP contribution is 1.79. The predicted octanol–water partition coefficient (Wildman–Crippen LogP) is 2.86. The van der Waals surface area contributed by atoms with E-state index in [1.165, 1.54) is 0 Å². The number of allylic oxidation sites excluding steroid dienone is 1. The van der Waals surface area contributed by atoms with Gasteiger partial charge in [0.2, 0.25) is 0 Å². The van der Waals surface area contributed by atoms with Crippen molar-refractivity contribution in [3.8, 4) is 0 Å². The molecule has 0 amide bonds. The van der Waals surface area contributed by atoms with Crippen LogP contribution in [-0.2, 0) is 0 Å². The van der Waals surface area contributed by atoms with E-state index in [9.17, 15) is 0 Å². The molecule has 0 saturated heterocycles. The lowest BCUT2D eigenvalue weighted by atomic mass is 10.5. The fraction of sp³-hybridized carbons (Fsp3) is 0.250. The molecule has 0 bridgehead atoms. The smallest absolute Gasteiger partial charge is 0.0902 e. The van der Waals surface area contributed by atoms with Gasteiger partial charge >= 0.3 is 0 Å². The van der Waals surface area contributed by atoms with Crippen LogP contribution in [0.5, 0.6) is 0 Å². The van der Waals surface area contributed by atoms with Gasteiger partial charge in [0.25, 0.3) is 0 Å². The summed E-state index contributed by atoms with van der Waals surface area (Å²) in [7, 11) is 0. The van der Waals surface area contributed by atoms with Gasteiger partial charge in [-0.1, -0.05) is 13.0 Å². The van der Waals surface area contributed by atoms with Gasteiger partial charge in [0.1, 0.15) is 0 Å². The first-order valence-corrected chi connectivity index (χ1v) is 3.00. The Kier molecular flexibility index (Phi) is 6.26. The maximum atomic E-state index is 4.58. The summed E-state index contributed by atoms with van der Waals surface area (Å²) in [6, 6.07) is 3.67. The predicted molar refractivity (Wildman–Crippen MR) is 39.2 cm³/mol. The Morgan fingerprint density at radius 2 is 1.89 bits per heavy atom. The number of furan rings is 1. The number of hydrogen-bond donors (Lipinski definition) is 0. The van der Waals surface area contributed by atoms with E-state index in [0.29, 0.717) is 0 Å². The molecule has 1 rings (SSSR count). The van der Waals surface area contributed by atoms with Gasteiger partial charge < -0.3 is 4.42 Å². The zero-order valence-corrected chi connectivity index (χ0v) is 5.71. The first kappa shape index (κ1) is 8.02. The third kappa shape index (κ3) is 7.02. The average Bonchev–Trinajstić information content (AvgIpc) is 2.43. The van der Waals surface area contributed by atoms with E-state index in [1.807, 2.05) is 18.2 Å². The molecule has 0 aliphatic heterocycles. The van der Waals surface area contributed by atoms with Crippen molar-refractivity contribution >= 4 is 0 Å². The molecular weight excluding hydrogens is 112 g/mol. The molecule has 0 aliphatic carbocycles. The van der Waals surface area contributed by atoms with E-state index >= 15 is 0 Å². The highest BCUT2D eigenvalue weighted by atomic mass is 16.3. The summed E-state index contributed by atoms with van der Waals surface area (Å²) >= 11 is 0. The summed E-state index contributed by atoms with van der Waals surface area (Å²) in [4.78, 5) is 0. The Balaban J connectivity index is 0.000000148. The molecule has 1 heterocycles. The molecule has 50 valence electrons. The third-order valence-electron chi connectivity index (χ3n) is 0.714. The minimum absolute atomic E-state index is 1.08. The zero-order chi connectivity index (χ0) is 6.95. The van der Waals surface area contributed by atoms with Gasteiger partial charge in [-0.2, -0.15) is 0 Å². The fourth-order valence-electron chi connectivity index (χ4n) is 0.227. The van der Waals surface area contributed by atoms with Crippen LogP contribution in [0.3, 0.4) is 0 Å². The first-order chi connectivity index (χ1) is 4.41. The van der Waals surface area contributed by atoms with E-state index in [4.69, 9.17) is 0 Å². The minimum Gasteiger partial charge on any atom is -0.473 e. The van der Waals surface area contributed by atoms with Crippen molar-refractivity contribution in [2.45, 2.75) is 13.3 Å². The van der Waals surface area contributed by atoms with Crippen LogP contribution in [0.4, 0.5) is 0 Å². The van der Waals surface area contributed by atoms with Crippen LogP contribution >= 0.6 is 0 Å². The van der Waals surface area contributed by atoms with Crippen molar-refractivity contribution in [1.29, 1.82) is 0 Å². The van der Waals surface area contributed by atoms with Gasteiger partial charge in [0.15, 0.2) is 0 Å². The summed E-state index contributed by atoms with van der Waals surface area (Å²) in [5.74, 6) is 0. The van der Waals surface area contributed by atoms with Crippen molar-refractivity contribution in [2.75, 3.05) is 0 Å². The molecule has 0 aromatic carbocycles. The first-order valence-electron chi connectivity index (χ1n) is 3.00. The monoisotopic (exact) mass is 124 g/mol. The SMILES string of the molecule is C=CCC.c1ccoc1. The summed E-state index contributed by atoms with van der Waals surface area (Å²) in [5, 5.41) is 0. The largest absolute Gasteiger partial charge is 0.473 e. The number of rotatable bonds is 1. The Hall–Kier alpha value is -0.980. The van der Waals surface area contributed by atoms with E-state index in [1.54, 1.807) is 12.5 Å². The van der Waals surface area contributed by atoms with Crippen LogP contribution in [0.15, 0.2) is 41.7 Å². The van der Waals surface area contributed by atoms with Crippen molar-refractivity contribution in [2.24, 2.45) is 0 Å². The fourth-order valence-corrected chi connectivity index (χ4v) is 0.227. The highest BCUT2D eigenvalue weighted by molar-refractivity contribution is 4.79. The Labute approximate surface area is 56.0 Å². The number of hydrogen-bond acceptors (Lipinski definition) is 1. The molecule has 9 heavy (non-hydrogen) atoms. The van der Waals surface area contributed by atoms with E-state index in [0.717, 1.165) is 6.42 Å².